The molecule has 0 aliphatic carbocycles. The average molecular weight is 377 g/mol. The van der Waals surface area contributed by atoms with Gasteiger partial charge in [-0.3, -0.25) is 9.69 Å². The Labute approximate surface area is 164 Å². The number of benzene rings is 1. The minimum Gasteiger partial charge on any atom is -0.493 e. The van der Waals surface area contributed by atoms with Crippen molar-refractivity contribution in [2.75, 3.05) is 46.9 Å². The van der Waals surface area contributed by atoms with Gasteiger partial charge in [-0.25, -0.2) is 0 Å². The second kappa shape index (κ2) is 8.96. The molecule has 1 aromatic rings. The second-order valence-electron chi connectivity index (χ2n) is 9.00. The highest BCUT2D eigenvalue weighted by Gasteiger charge is 2.32. The molecule has 0 aromatic heterocycles. The van der Waals surface area contributed by atoms with Crippen molar-refractivity contribution in [3.05, 3.63) is 23.8 Å². The second-order valence-corrected chi connectivity index (χ2v) is 9.00. The van der Waals surface area contributed by atoms with Crippen LogP contribution >= 0.6 is 0 Å². The van der Waals surface area contributed by atoms with Crippen LogP contribution in [0.15, 0.2) is 18.2 Å². The summed E-state index contributed by atoms with van der Waals surface area (Å²) in [5, 5.41) is 0. The van der Waals surface area contributed by atoms with Crippen LogP contribution in [0.3, 0.4) is 0 Å². The Balaban J connectivity index is 2.12. The molecule has 152 valence electrons. The maximum Gasteiger partial charge on any atom is 0.230 e. The summed E-state index contributed by atoms with van der Waals surface area (Å²) < 4.78 is 10.8. The van der Waals surface area contributed by atoms with Crippen molar-refractivity contribution in [3.63, 3.8) is 0 Å². The number of hydrogen-bond acceptors (Lipinski definition) is 4. The zero-order chi connectivity index (χ0) is 20.2. The quantitative estimate of drug-likeness (QED) is 0.760. The molecule has 0 spiro atoms. The summed E-state index contributed by atoms with van der Waals surface area (Å²) in [5.74, 6) is 1.62. The van der Waals surface area contributed by atoms with Crippen LogP contribution in [0.5, 0.6) is 11.5 Å². The molecular weight excluding hydrogens is 340 g/mol. The SMILES string of the molecule is COc1ccc(C(C(=O)N2CCN(CC(C)(C)C)CC2)C(C)C)cc1OC. The number of rotatable bonds is 6. The summed E-state index contributed by atoms with van der Waals surface area (Å²) in [5.41, 5.74) is 1.27. The van der Waals surface area contributed by atoms with E-state index in [4.69, 9.17) is 9.47 Å². The van der Waals surface area contributed by atoms with Crippen LogP contribution in [0.25, 0.3) is 0 Å². The van der Waals surface area contributed by atoms with Crippen LogP contribution in [0.1, 0.15) is 46.1 Å². The molecule has 1 heterocycles. The van der Waals surface area contributed by atoms with E-state index in [2.05, 4.69) is 39.5 Å². The Morgan fingerprint density at radius 2 is 1.63 bits per heavy atom. The first kappa shape index (κ1) is 21.5. The van der Waals surface area contributed by atoms with Gasteiger partial charge in [0.15, 0.2) is 11.5 Å². The molecule has 27 heavy (non-hydrogen) atoms. The van der Waals surface area contributed by atoms with Crippen LogP contribution in [-0.2, 0) is 4.79 Å². The van der Waals surface area contributed by atoms with Crippen LogP contribution in [0, 0.1) is 11.3 Å². The smallest absolute Gasteiger partial charge is 0.230 e. The summed E-state index contributed by atoms with van der Waals surface area (Å²) in [6, 6.07) is 5.81. The third-order valence-electron chi connectivity index (χ3n) is 5.08. The van der Waals surface area contributed by atoms with Crippen LogP contribution in [0.2, 0.25) is 0 Å². The number of ether oxygens (including phenoxy) is 2. The van der Waals surface area contributed by atoms with E-state index >= 15 is 0 Å². The summed E-state index contributed by atoms with van der Waals surface area (Å²) in [7, 11) is 3.25. The van der Waals surface area contributed by atoms with E-state index in [1.54, 1.807) is 14.2 Å². The molecule has 1 aromatic carbocycles. The van der Waals surface area contributed by atoms with E-state index in [0.717, 1.165) is 38.3 Å². The van der Waals surface area contributed by atoms with Gasteiger partial charge in [-0.2, -0.15) is 0 Å². The molecule has 1 aliphatic rings. The Kier molecular flexibility index (Phi) is 7.15. The molecule has 5 nitrogen and oxygen atoms in total. The predicted molar refractivity (Wildman–Crippen MR) is 110 cm³/mol. The third-order valence-corrected chi connectivity index (χ3v) is 5.08. The summed E-state index contributed by atoms with van der Waals surface area (Å²) >= 11 is 0. The first-order valence-corrected chi connectivity index (χ1v) is 9.89. The maximum atomic E-state index is 13.3. The van der Waals surface area contributed by atoms with Crippen molar-refractivity contribution in [1.29, 1.82) is 0 Å². The standard InChI is InChI=1S/C22H36N2O3/c1-16(2)20(17-8-9-18(26-6)19(14-17)27-7)21(25)24-12-10-23(11-13-24)15-22(3,4)5/h8-9,14,16,20H,10-13,15H2,1-7H3. The van der Waals surface area contributed by atoms with Gasteiger partial charge in [-0.15, -0.1) is 0 Å². The van der Waals surface area contributed by atoms with Gasteiger partial charge in [0.25, 0.3) is 0 Å². The van der Waals surface area contributed by atoms with Crippen molar-refractivity contribution in [3.8, 4) is 11.5 Å². The van der Waals surface area contributed by atoms with Gasteiger partial charge < -0.3 is 14.4 Å². The largest absolute Gasteiger partial charge is 0.493 e. The molecule has 1 amide bonds. The summed E-state index contributed by atoms with van der Waals surface area (Å²) in [4.78, 5) is 17.8. The number of carbonyl (C=O) groups excluding carboxylic acids is 1. The molecule has 1 fully saturated rings. The maximum absolute atomic E-state index is 13.3. The summed E-state index contributed by atoms with van der Waals surface area (Å²) in [6.45, 7) is 15.5. The van der Waals surface area contributed by atoms with Crippen molar-refractivity contribution in [2.24, 2.45) is 11.3 Å². The Hall–Kier alpha value is -1.75. The monoisotopic (exact) mass is 376 g/mol. The van der Waals surface area contributed by atoms with Gasteiger partial charge in [0.2, 0.25) is 5.91 Å². The van der Waals surface area contributed by atoms with E-state index in [9.17, 15) is 4.79 Å². The molecule has 5 heteroatoms. The lowest BCUT2D eigenvalue weighted by molar-refractivity contribution is -0.135. The highest BCUT2D eigenvalue weighted by molar-refractivity contribution is 5.84. The number of piperazine rings is 1. The van der Waals surface area contributed by atoms with Crippen molar-refractivity contribution in [1.82, 2.24) is 9.80 Å². The number of hydrogen-bond donors (Lipinski definition) is 0. The topological polar surface area (TPSA) is 42.0 Å². The normalized spacial score (nSPS) is 17.1. The van der Waals surface area contributed by atoms with Crippen molar-refractivity contribution < 1.29 is 14.3 Å². The molecule has 1 atom stereocenters. The van der Waals surface area contributed by atoms with Crippen LogP contribution < -0.4 is 9.47 Å². The zero-order valence-electron chi connectivity index (χ0n) is 18.0. The fraction of sp³-hybridized carbons (Fsp3) is 0.682. The molecule has 0 radical (unpaired) electrons. The number of methoxy groups -OCH3 is 2. The summed E-state index contributed by atoms with van der Waals surface area (Å²) in [6.07, 6.45) is 0. The third kappa shape index (κ3) is 5.61. The van der Waals surface area contributed by atoms with Gasteiger partial charge in [0.05, 0.1) is 20.1 Å². The van der Waals surface area contributed by atoms with Gasteiger partial charge in [0, 0.05) is 32.7 Å². The van der Waals surface area contributed by atoms with E-state index in [1.165, 1.54) is 0 Å². The van der Waals surface area contributed by atoms with Crippen molar-refractivity contribution >= 4 is 5.91 Å². The Bertz CT molecular complexity index is 629. The fourth-order valence-electron chi connectivity index (χ4n) is 3.85. The molecule has 2 rings (SSSR count). The number of nitrogens with zero attached hydrogens (tertiary/aromatic N) is 2. The van der Waals surface area contributed by atoms with E-state index < -0.39 is 0 Å². The van der Waals surface area contributed by atoms with Gasteiger partial charge in [-0.05, 0) is 29.0 Å². The lowest BCUT2D eigenvalue weighted by Gasteiger charge is -2.39. The van der Waals surface area contributed by atoms with Crippen molar-refractivity contribution in [2.45, 2.75) is 40.5 Å². The first-order chi connectivity index (χ1) is 12.7. The molecule has 0 bridgehead atoms. The minimum absolute atomic E-state index is 0.168. The van der Waals surface area contributed by atoms with E-state index in [0.29, 0.717) is 11.5 Å². The highest BCUT2D eigenvalue weighted by Crippen LogP contribution is 2.34. The Morgan fingerprint density at radius 3 is 2.11 bits per heavy atom. The molecule has 1 aliphatic heterocycles. The minimum atomic E-state index is -0.168. The molecule has 0 N–H and O–H groups in total. The van der Waals surface area contributed by atoms with E-state index in [1.807, 2.05) is 23.1 Å². The van der Waals surface area contributed by atoms with E-state index in [-0.39, 0.29) is 23.2 Å². The number of amides is 1. The van der Waals surface area contributed by atoms with Gasteiger partial charge in [-0.1, -0.05) is 40.7 Å². The molecule has 1 saturated heterocycles. The van der Waals surface area contributed by atoms with Gasteiger partial charge >= 0.3 is 0 Å². The van der Waals surface area contributed by atoms with Gasteiger partial charge in [0.1, 0.15) is 0 Å². The predicted octanol–water partition coefficient (Wildman–Crippen LogP) is 3.63. The van der Waals surface area contributed by atoms with Crippen LogP contribution in [0.4, 0.5) is 0 Å². The average Bonchev–Trinajstić information content (AvgIpc) is 2.60. The lowest BCUT2D eigenvalue weighted by Crippen LogP contribution is -2.51. The zero-order valence-corrected chi connectivity index (χ0v) is 18.0. The Morgan fingerprint density at radius 1 is 1.04 bits per heavy atom. The highest BCUT2D eigenvalue weighted by atomic mass is 16.5. The molecule has 0 saturated carbocycles. The van der Waals surface area contributed by atoms with Crippen LogP contribution in [-0.4, -0.2) is 62.7 Å². The first-order valence-electron chi connectivity index (χ1n) is 9.89. The fourth-order valence-corrected chi connectivity index (χ4v) is 3.85. The number of carbonyl (C=O) groups is 1. The molecular formula is C22H36N2O3. The molecule has 1 unspecified atom stereocenters. The lowest BCUT2D eigenvalue weighted by atomic mass is 9.86.